The van der Waals surface area contributed by atoms with Gasteiger partial charge in [-0.15, -0.1) is 17.8 Å². The van der Waals surface area contributed by atoms with Crippen LogP contribution in [0.5, 0.6) is 0 Å². The third kappa shape index (κ3) is 2.60. The van der Waals surface area contributed by atoms with Crippen molar-refractivity contribution >= 4 is 17.3 Å². The quantitative estimate of drug-likeness (QED) is 0.533. The number of ether oxygens (including phenoxy) is 1. The largest absolute Gasteiger partial charge is 0.445 e. The molecule has 1 aromatic rings. The van der Waals surface area contributed by atoms with Gasteiger partial charge in [0.05, 0.1) is 0 Å². The van der Waals surface area contributed by atoms with Crippen LogP contribution in [0.15, 0.2) is 12.1 Å². The van der Waals surface area contributed by atoms with Crippen molar-refractivity contribution in [2.75, 3.05) is 0 Å². The van der Waals surface area contributed by atoms with E-state index < -0.39 is 6.10 Å². The predicted octanol–water partition coefficient (Wildman–Crippen LogP) is 2.24. The summed E-state index contributed by atoms with van der Waals surface area (Å²) < 4.78 is 4.93. The van der Waals surface area contributed by atoms with E-state index in [0.717, 1.165) is 4.88 Å². The summed E-state index contributed by atoms with van der Waals surface area (Å²) in [4.78, 5) is 13.0. The molecule has 1 atom stereocenters. The van der Waals surface area contributed by atoms with E-state index in [2.05, 4.69) is 5.92 Å². The Balaban J connectivity index is 2.65. The molecule has 2 nitrogen and oxygen atoms in total. The molecule has 0 N–H and O–H groups in total. The fraction of sp³-hybridized carbons (Fsp3) is 0.300. The summed E-state index contributed by atoms with van der Waals surface area (Å²) in [5.41, 5.74) is 0. The van der Waals surface area contributed by atoms with Gasteiger partial charge in [-0.3, -0.25) is 0 Å². The minimum Gasteiger partial charge on any atom is -0.445 e. The highest BCUT2D eigenvalue weighted by molar-refractivity contribution is 7.13. The Morgan fingerprint density at radius 2 is 2.38 bits per heavy atom. The Kier molecular flexibility index (Phi) is 3.10. The zero-order valence-corrected chi connectivity index (χ0v) is 8.35. The van der Waals surface area contributed by atoms with Crippen LogP contribution in [-0.4, -0.2) is 12.1 Å². The van der Waals surface area contributed by atoms with Crippen LogP contribution in [0, 0.1) is 19.3 Å². The first kappa shape index (κ1) is 9.82. The molecular weight excluding hydrogens is 184 g/mol. The predicted molar refractivity (Wildman–Crippen MR) is 52.8 cm³/mol. The molecule has 0 amide bonds. The third-order valence-electron chi connectivity index (χ3n) is 1.46. The van der Waals surface area contributed by atoms with Gasteiger partial charge in [-0.05, 0) is 26.0 Å². The highest BCUT2D eigenvalue weighted by atomic mass is 32.1. The summed E-state index contributed by atoms with van der Waals surface area (Å²) in [6.45, 7) is 3.60. The van der Waals surface area contributed by atoms with Gasteiger partial charge in [0, 0.05) is 4.88 Å². The van der Waals surface area contributed by atoms with Crippen LogP contribution in [0.25, 0.3) is 0 Å². The molecule has 0 spiro atoms. The van der Waals surface area contributed by atoms with Crippen molar-refractivity contribution in [1.29, 1.82) is 0 Å². The lowest BCUT2D eigenvalue weighted by atomic mass is 10.4. The molecule has 1 heterocycles. The molecule has 1 unspecified atom stereocenters. The number of rotatable bonds is 2. The highest BCUT2D eigenvalue weighted by Gasteiger charge is 2.11. The Bertz CT molecular complexity index is 346. The summed E-state index contributed by atoms with van der Waals surface area (Å²) in [5, 5.41) is 0. The van der Waals surface area contributed by atoms with Crippen molar-refractivity contribution < 1.29 is 9.53 Å². The minimum absolute atomic E-state index is 0.344. The summed E-state index contributed by atoms with van der Waals surface area (Å²) in [5.74, 6) is 1.99. The van der Waals surface area contributed by atoms with E-state index in [-0.39, 0.29) is 5.97 Å². The van der Waals surface area contributed by atoms with E-state index in [1.54, 1.807) is 13.0 Å². The molecule has 0 bridgehead atoms. The number of carbonyl (C=O) groups excluding carboxylic acids is 1. The molecule has 0 saturated heterocycles. The maximum absolute atomic E-state index is 11.3. The molecular formula is C10H10O2S. The Morgan fingerprint density at radius 1 is 1.69 bits per heavy atom. The Hall–Kier alpha value is -1.27. The van der Waals surface area contributed by atoms with E-state index in [4.69, 9.17) is 11.2 Å². The van der Waals surface area contributed by atoms with Crippen molar-refractivity contribution in [1.82, 2.24) is 0 Å². The second kappa shape index (κ2) is 4.11. The molecule has 0 aliphatic rings. The summed E-state index contributed by atoms with van der Waals surface area (Å²) in [6, 6.07) is 3.62. The molecule has 0 fully saturated rings. The first-order chi connectivity index (χ1) is 6.13. The molecule has 0 saturated carbocycles. The van der Waals surface area contributed by atoms with Crippen LogP contribution in [-0.2, 0) is 4.74 Å². The number of hydrogen-bond acceptors (Lipinski definition) is 3. The smallest absolute Gasteiger partial charge is 0.349 e. The van der Waals surface area contributed by atoms with Gasteiger partial charge in [-0.1, -0.05) is 5.92 Å². The molecule has 0 radical (unpaired) electrons. The van der Waals surface area contributed by atoms with Crippen LogP contribution in [0.4, 0.5) is 0 Å². The van der Waals surface area contributed by atoms with Crippen LogP contribution < -0.4 is 0 Å². The number of carbonyl (C=O) groups is 1. The van der Waals surface area contributed by atoms with Gasteiger partial charge in [-0.2, -0.15) is 0 Å². The lowest BCUT2D eigenvalue weighted by Crippen LogP contribution is -2.11. The van der Waals surface area contributed by atoms with Crippen molar-refractivity contribution in [2.45, 2.75) is 20.0 Å². The molecule has 1 aromatic heterocycles. The number of thiophene rings is 1. The first-order valence-electron chi connectivity index (χ1n) is 3.87. The van der Waals surface area contributed by atoms with E-state index in [0.29, 0.717) is 4.88 Å². The van der Waals surface area contributed by atoms with Crippen LogP contribution in [0.1, 0.15) is 21.5 Å². The van der Waals surface area contributed by atoms with Crippen molar-refractivity contribution in [3.05, 3.63) is 21.9 Å². The molecule has 3 heteroatoms. The highest BCUT2D eigenvalue weighted by Crippen LogP contribution is 2.16. The van der Waals surface area contributed by atoms with Crippen molar-refractivity contribution in [3.8, 4) is 12.3 Å². The summed E-state index contributed by atoms with van der Waals surface area (Å²) in [7, 11) is 0. The SMILES string of the molecule is C#CC(C)OC(=O)c1ccc(C)s1. The first-order valence-corrected chi connectivity index (χ1v) is 4.68. The van der Waals surface area contributed by atoms with Gasteiger partial charge in [0.1, 0.15) is 4.88 Å². The normalized spacial score (nSPS) is 11.8. The lowest BCUT2D eigenvalue weighted by molar-refractivity contribution is 0.0444. The fourth-order valence-electron chi connectivity index (χ4n) is 0.797. The number of terminal acetylenes is 1. The van der Waals surface area contributed by atoms with Crippen LogP contribution >= 0.6 is 11.3 Å². The van der Waals surface area contributed by atoms with Crippen LogP contribution in [0.2, 0.25) is 0 Å². The second-order valence-electron chi connectivity index (χ2n) is 2.62. The van der Waals surface area contributed by atoms with E-state index >= 15 is 0 Å². The average Bonchev–Trinajstić information content (AvgIpc) is 2.51. The maximum Gasteiger partial charge on any atom is 0.349 e. The zero-order valence-electron chi connectivity index (χ0n) is 7.53. The molecule has 0 aliphatic heterocycles. The fourth-order valence-corrected chi connectivity index (χ4v) is 1.55. The molecule has 1 rings (SSSR count). The monoisotopic (exact) mass is 194 g/mol. The summed E-state index contributed by atoms with van der Waals surface area (Å²) in [6.07, 6.45) is 4.62. The Labute approximate surface area is 81.5 Å². The average molecular weight is 194 g/mol. The van der Waals surface area contributed by atoms with E-state index in [1.807, 2.05) is 13.0 Å². The van der Waals surface area contributed by atoms with E-state index in [1.165, 1.54) is 11.3 Å². The van der Waals surface area contributed by atoms with Crippen LogP contribution in [0.3, 0.4) is 0 Å². The molecule has 0 aromatic carbocycles. The summed E-state index contributed by atoms with van der Waals surface area (Å²) >= 11 is 1.41. The number of hydrogen-bond donors (Lipinski definition) is 0. The Morgan fingerprint density at radius 3 is 2.85 bits per heavy atom. The second-order valence-corrected chi connectivity index (χ2v) is 3.91. The molecule has 13 heavy (non-hydrogen) atoms. The maximum atomic E-state index is 11.3. The number of esters is 1. The van der Waals surface area contributed by atoms with Gasteiger partial charge >= 0.3 is 5.97 Å². The number of aryl methyl sites for hydroxylation is 1. The van der Waals surface area contributed by atoms with Gasteiger partial charge in [0.15, 0.2) is 6.10 Å². The van der Waals surface area contributed by atoms with Crippen molar-refractivity contribution in [3.63, 3.8) is 0 Å². The van der Waals surface area contributed by atoms with Gasteiger partial charge in [0.25, 0.3) is 0 Å². The van der Waals surface area contributed by atoms with Gasteiger partial charge in [-0.25, -0.2) is 4.79 Å². The van der Waals surface area contributed by atoms with Crippen molar-refractivity contribution in [2.24, 2.45) is 0 Å². The molecule has 0 aliphatic carbocycles. The zero-order chi connectivity index (χ0) is 9.84. The van der Waals surface area contributed by atoms with Gasteiger partial charge < -0.3 is 4.74 Å². The topological polar surface area (TPSA) is 26.3 Å². The lowest BCUT2D eigenvalue weighted by Gasteiger charge is -2.04. The minimum atomic E-state index is -0.463. The van der Waals surface area contributed by atoms with E-state index in [9.17, 15) is 4.79 Å². The van der Waals surface area contributed by atoms with Gasteiger partial charge in [0.2, 0.25) is 0 Å². The molecule has 68 valence electrons. The third-order valence-corrected chi connectivity index (χ3v) is 2.44. The standard InChI is InChI=1S/C10H10O2S/c1-4-7(2)12-10(11)9-6-5-8(3)13-9/h1,5-7H,2-3H3.